The molecule has 1 amide bonds. The van der Waals surface area contributed by atoms with Crippen LogP contribution in [0.2, 0.25) is 0 Å². The van der Waals surface area contributed by atoms with Gasteiger partial charge in [-0.25, -0.2) is 8.78 Å². The molecule has 1 unspecified atom stereocenters. The molecule has 2 aromatic rings. The first-order chi connectivity index (χ1) is 12.0. The lowest BCUT2D eigenvalue weighted by Gasteiger charge is -2.17. The maximum absolute atomic E-state index is 13.4. The molecule has 0 aromatic heterocycles. The van der Waals surface area contributed by atoms with E-state index in [0.717, 1.165) is 11.1 Å². The summed E-state index contributed by atoms with van der Waals surface area (Å²) < 4.78 is 31.4. The number of halogens is 2. The van der Waals surface area contributed by atoms with E-state index in [-0.39, 0.29) is 23.5 Å². The highest BCUT2D eigenvalue weighted by atomic mass is 19.1. The molecule has 0 bridgehead atoms. The normalized spacial score (nSPS) is 17.2. The molecular weight excluding hydrogens is 326 g/mol. The van der Waals surface area contributed by atoms with Gasteiger partial charge in [-0.05, 0) is 35.4 Å². The number of likely N-dealkylation sites (tertiary alicyclic amines) is 1. The van der Waals surface area contributed by atoms with Gasteiger partial charge in [0.05, 0.1) is 7.11 Å². The Kier molecular flexibility index (Phi) is 5.28. The maximum atomic E-state index is 13.4. The molecule has 1 N–H and O–H groups in total. The molecule has 1 heterocycles. The van der Waals surface area contributed by atoms with Gasteiger partial charge in [0.2, 0.25) is 5.91 Å². The van der Waals surface area contributed by atoms with Gasteiger partial charge in [-0.1, -0.05) is 18.2 Å². The highest BCUT2D eigenvalue weighted by Crippen LogP contribution is 2.19. The van der Waals surface area contributed by atoms with Gasteiger partial charge < -0.3 is 15.0 Å². The Balaban J connectivity index is 1.54. The lowest BCUT2D eigenvalue weighted by Crippen LogP contribution is -2.32. The molecule has 1 fully saturated rings. The van der Waals surface area contributed by atoms with Gasteiger partial charge in [0.25, 0.3) is 0 Å². The minimum atomic E-state index is -0.396. The highest BCUT2D eigenvalue weighted by molar-refractivity contribution is 5.79. The van der Waals surface area contributed by atoms with Crippen molar-refractivity contribution in [3.8, 4) is 5.75 Å². The third-order valence-corrected chi connectivity index (χ3v) is 4.31. The summed E-state index contributed by atoms with van der Waals surface area (Å²) in [7, 11) is 1.43. The van der Waals surface area contributed by atoms with Gasteiger partial charge in [-0.2, -0.15) is 0 Å². The summed E-state index contributed by atoms with van der Waals surface area (Å²) in [6.45, 7) is 1.59. The zero-order valence-electron chi connectivity index (χ0n) is 14.0. The van der Waals surface area contributed by atoms with Crippen molar-refractivity contribution >= 4 is 5.91 Å². The third-order valence-electron chi connectivity index (χ3n) is 4.31. The second-order valence-corrected chi connectivity index (χ2v) is 6.15. The minimum Gasteiger partial charge on any atom is -0.494 e. The number of nitrogens with zero attached hydrogens (tertiary/aromatic N) is 1. The van der Waals surface area contributed by atoms with Crippen molar-refractivity contribution in [1.29, 1.82) is 0 Å². The van der Waals surface area contributed by atoms with Crippen LogP contribution in [0.4, 0.5) is 8.78 Å². The van der Waals surface area contributed by atoms with Crippen molar-refractivity contribution in [2.45, 2.75) is 25.6 Å². The lowest BCUT2D eigenvalue weighted by atomic mass is 10.2. The third kappa shape index (κ3) is 4.33. The molecule has 0 radical (unpaired) electrons. The van der Waals surface area contributed by atoms with Crippen molar-refractivity contribution < 1.29 is 18.3 Å². The Morgan fingerprint density at radius 2 is 1.88 bits per heavy atom. The van der Waals surface area contributed by atoms with Crippen LogP contribution < -0.4 is 10.1 Å². The second-order valence-electron chi connectivity index (χ2n) is 6.15. The number of nitrogens with one attached hydrogen (secondary N) is 1. The molecule has 1 aliphatic heterocycles. The number of benzene rings is 2. The fourth-order valence-electron chi connectivity index (χ4n) is 2.95. The first-order valence-electron chi connectivity index (χ1n) is 8.13. The smallest absolute Gasteiger partial charge is 0.224 e. The SMILES string of the molecule is COc1cc(CNC2CC(=O)N(Cc3ccc(F)cc3)C2)ccc1F. The molecule has 6 heteroatoms. The number of rotatable bonds is 6. The van der Waals surface area contributed by atoms with Gasteiger partial charge in [-0.3, -0.25) is 4.79 Å². The Morgan fingerprint density at radius 3 is 2.60 bits per heavy atom. The number of ether oxygens (including phenoxy) is 1. The van der Waals surface area contributed by atoms with Crippen LogP contribution in [0, 0.1) is 11.6 Å². The number of hydrogen-bond donors (Lipinski definition) is 1. The van der Waals surface area contributed by atoms with E-state index in [0.29, 0.717) is 26.1 Å². The fraction of sp³-hybridized carbons (Fsp3) is 0.316. The average Bonchev–Trinajstić information content (AvgIpc) is 2.96. The standard InChI is InChI=1S/C19H20F2N2O2/c1-25-18-8-14(4-7-17(18)21)10-22-16-9-19(24)23(12-16)11-13-2-5-15(20)6-3-13/h2-8,16,22H,9-12H2,1H3. The molecule has 3 rings (SSSR count). The summed E-state index contributed by atoms with van der Waals surface area (Å²) in [4.78, 5) is 13.9. The van der Waals surface area contributed by atoms with Crippen LogP contribution in [-0.4, -0.2) is 30.5 Å². The monoisotopic (exact) mass is 346 g/mol. The molecule has 4 nitrogen and oxygen atoms in total. The van der Waals surface area contributed by atoms with Crippen molar-refractivity contribution in [1.82, 2.24) is 10.2 Å². The van der Waals surface area contributed by atoms with Crippen LogP contribution in [0.15, 0.2) is 42.5 Å². The Labute approximate surface area is 145 Å². The van der Waals surface area contributed by atoms with Crippen molar-refractivity contribution in [2.24, 2.45) is 0 Å². The molecule has 0 saturated carbocycles. The van der Waals surface area contributed by atoms with Crippen molar-refractivity contribution in [2.75, 3.05) is 13.7 Å². The van der Waals surface area contributed by atoms with Crippen LogP contribution in [0.1, 0.15) is 17.5 Å². The molecule has 0 aliphatic carbocycles. The molecule has 1 saturated heterocycles. The zero-order chi connectivity index (χ0) is 17.8. The van der Waals surface area contributed by atoms with E-state index in [1.54, 1.807) is 29.2 Å². The average molecular weight is 346 g/mol. The lowest BCUT2D eigenvalue weighted by molar-refractivity contribution is -0.128. The molecule has 25 heavy (non-hydrogen) atoms. The molecule has 132 valence electrons. The van der Waals surface area contributed by atoms with Crippen molar-refractivity contribution in [3.05, 3.63) is 65.2 Å². The quantitative estimate of drug-likeness (QED) is 0.875. The molecular formula is C19H20F2N2O2. The largest absolute Gasteiger partial charge is 0.494 e. The van der Waals surface area contributed by atoms with Crippen LogP contribution in [0.3, 0.4) is 0 Å². The predicted molar refractivity (Wildman–Crippen MR) is 90.0 cm³/mol. The molecule has 1 aliphatic rings. The summed E-state index contributed by atoms with van der Waals surface area (Å²) in [6.07, 6.45) is 0.416. The van der Waals surface area contributed by atoms with Crippen LogP contribution in [-0.2, 0) is 17.9 Å². The highest BCUT2D eigenvalue weighted by Gasteiger charge is 2.29. The summed E-state index contributed by atoms with van der Waals surface area (Å²) in [6, 6.07) is 10.9. The Hall–Kier alpha value is -2.47. The maximum Gasteiger partial charge on any atom is 0.224 e. The van der Waals surface area contributed by atoms with Crippen LogP contribution in [0.25, 0.3) is 0 Å². The van der Waals surface area contributed by atoms with Gasteiger partial charge >= 0.3 is 0 Å². The minimum absolute atomic E-state index is 0.0315. The van der Waals surface area contributed by atoms with E-state index in [2.05, 4.69) is 5.32 Å². The van der Waals surface area contributed by atoms with Gasteiger partial charge in [0.1, 0.15) is 5.82 Å². The Bertz CT molecular complexity index is 750. The van der Waals surface area contributed by atoms with Crippen LogP contribution in [0.5, 0.6) is 5.75 Å². The fourth-order valence-corrected chi connectivity index (χ4v) is 2.95. The van der Waals surface area contributed by atoms with E-state index in [9.17, 15) is 13.6 Å². The number of methoxy groups -OCH3 is 1. The summed E-state index contributed by atoms with van der Waals surface area (Å²) >= 11 is 0. The van der Waals surface area contributed by atoms with Crippen molar-refractivity contribution in [3.63, 3.8) is 0 Å². The summed E-state index contributed by atoms with van der Waals surface area (Å²) in [5.74, 6) is -0.406. The van der Waals surface area contributed by atoms with E-state index in [1.165, 1.54) is 25.3 Å². The van der Waals surface area contributed by atoms with E-state index in [1.807, 2.05) is 0 Å². The molecule has 1 atom stereocenters. The molecule has 0 spiro atoms. The summed E-state index contributed by atoms with van der Waals surface area (Å²) in [5, 5.41) is 3.32. The number of hydrogen-bond acceptors (Lipinski definition) is 3. The number of carbonyl (C=O) groups excluding carboxylic acids is 1. The van der Waals surface area contributed by atoms with Gasteiger partial charge in [-0.15, -0.1) is 0 Å². The van der Waals surface area contributed by atoms with Gasteiger partial charge in [0, 0.05) is 32.1 Å². The Morgan fingerprint density at radius 1 is 1.16 bits per heavy atom. The first kappa shape index (κ1) is 17.4. The first-order valence-corrected chi connectivity index (χ1v) is 8.13. The van der Waals surface area contributed by atoms with E-state index in [4.69, 9.17) is 4.74 Å². The summed E-state index contributed by atoms with van der Waals surface area (Å²) in [5.41, 5.74) is 1.79. The zero-order valence-corrected chi connectivity index (χ0v) is 14.0. The van der Waals surface area contributed by atoms with Crippen LogP contribution >= 0.6 is 0 Å². The van der Waals surface area contributed by atoms with E-state index >= 15 is 0 Å². The topological polar surface area (TPSA) is 41.6 Å². The van der Waals surface area contributed by atoms with Gasteiger partial charge in [0.15, 0.2) is 11.6 Å². The molecule has 2 aromatic carbocycles. The number of amides is 1. The number of carbonyl (C=O) groups is 1. The second kappa shape index (κ2) is 7.61. The van der Waals surface area contributed by atoms with E-state index < -0.39 is 5.82 Å². The predicted octanol–water partition coefficient (Wildman–Crippen LogP) is 2.86.